The van der Waals surface area contributed by atoms with Gasteiger partial charge in [0.2, 0.25) is 0 Å². The SMILES string of the molecule is COc1cc2c(cc1NC(=S)NC(=O)c1ccc(F)cc1)oc1ccccc12. The first-order valence-corrected chi connectivity index (χ1v) is 8.83. The highest BCUT2D eigenvalue weighted by atomic mass is 32.1. The number of ether oxygens (including phenoxy) is 1. The number of rotatable bonds is 3. The van der Waals surface area contributed by atoms with Crippen molar-refractivity contribution in [3.63, 3.8) is 0 Å². The maximum absolute atomic E-state index is 13.0. The average Bonchev–Trinajstić information content (AvgIpc) is 3.05. The summed E-state index contributed by atoms with van der Waals surface area (Å²) >= 11 is 5.23. The molecule has 0 aliphatic rings. The molecule has 5 nitrogen and oxygen atoms in total. The number of methoxy groups -OCH3 is 1. The minimum Gasteiger partial charge on any atom is -0.495 e. The summed E-state index contributed by atoms with van der Waals surface area (Å²) in [7, 11) is 1.55. The molecule has 1 heterocycles. The molecule has 0 radical (unpaired) electrons. The number of carbonyl (C=O) groups is 1. The van der Waals surface area contributed by atoms with E-state index in [0.29, 0.717) is 22.6 Å². The van der Waals surface area contributed by atoms with E-state index in [-0.39, 0.29) is 5.11 Å². The van der Waals surface area contributed by atoms with Gasteiger partial charge in [-0.05, 0) is 48.6 Å². The van der Waals surface area contributed by atoms with Crippen LogP contribution in [0.15, 0.2) is 65.1 Å². The molecule has 1 amide bonds. The molecule has 4 rings (SSSR count). The molecule has 0 unspecified atom stereocenters. The number of nitrogens with one attached hydrogen (secondary N) is 2. The zero-order chi connectivity index (χ0) is 19.7. The van der Waals surface area contributed by atoms with Crippen LogP contribution < -0.4 is 15.4 Å². The predicted octanol–water partition coefficient (Wildman–Crippen LogP) is 4.86. The maximum Gasteiger partial charge on any atom is 0.257 e. The van der Waals surface area contributed by atoms with Crippen molar-refractivity contribution < 1.29 is 18.3 Å². The highest BCUT2D eigenvalue weighted by Gasteiger charge is 2.14. The van der Waals surface area contributed by atoms with Crippen molar-refractivity contribution in [3.05, 3.63) is 72.0 Å². The molecule has 28 heavy (non-hydrogen) atoms. The van der Waals surface area contributed by atoms with Gasteiger partial charge in [-0.15, -0.1) is 0 Å². The Morgan fingerprint density at radius 3 is 2.54 bits per heavy atom. The van der Waals surface area contributed by atoms with Gasteiger partial charge < -0.3 is 14.5 Å². The third-order valence-corrected chi connectivity index (χ3v) is 4.48. The topological polar surface area (TPSA) is 63.5 Å². The van der Waals surface area contributed by atoms with Gasteiger partial charge in [-0.1, -0.05) is 18.2 Å². The van der Waals surface area contributed by atoms with Gasteiger partial charge in [0.1, 0.15) is 22.7 Å². The monoisotopic (exact) mass is 394 g/mol. The molecule has 1 aromatic heterocycles. The lowest BCUT2D eigenvalue weighted by Crippen LogP contribution is -2.34. The standard InChI is InChI=1S/C21H15FN2O3S/c1-26-19-10-15-14-4-2-3-5-17(14)27-18(15)11-16(19)23-21(28)24-20(25)12-6-8-13(22)9-7-12/h2-11H,1H3,(H2,23,24,25,28). The number of halogens is 1. The van der Waals surface area contributed by atoms with Gasteiger partial charge in [0.25, 0.3) is 5.91 Å². The van der Waals surface area contributed by atoms with Gasteiger partial charge in [-0.25, -0.2) is 4.39 Å². The van der Waals surface area contributed by atoms with E-state index >= 15 is 0 Å². The minimum absolute atomic E-state index is 0.0862. The molecule has 140 valence electrons. The largest absolute Gasteiger partial charge is 0.495 e. The molecule has 0 atom stereocenters. The first-order valence-electron chi connectivity index (χ1n) is 8.42. The van der Waals surface area contributed by atoms with Crippen molar-refractivity contribution in [1.82, 2.24) is 5.32 Å². The van der Waals surface area contributed by atoms with Gasteiger partial charge in [0.05, 0.1) is 12.8 Å². The van der Waals surface area contributed by atoms with Crippen molar-refractivity contribution in [3.8, 4) is 5.75 Å². The molecule has 0 saturated heterocycles. The fraction of sp³-hybridized carbons (Fsp3) is 0.0476. The van der Waals surface area contributed by atoms with E-state index in [0.717, 1.165) is 16.4 Å². The highest BCUT2D eigenvalue weighted by Crippen LogP contribution is 2.36. The van der Waals surface area contributed by atoms with E-state index in [9.17, 15) is 9.18 Å². The van der Waals surface area contributed by atoms with Crippen LogP contribution in [0.25, 0.3) is 21.9 Å². The second-order valence-electron chi connectivity index (χ2n) is 6.06. The number of anilines is 1. The van der Waals surface area contributed by atoms with Crippen LogP contribution in [-0.4, -0.2) is 18.1 Å². The van der Waals surface area contributed by atoms with E-state index in [2.05, 4.69) is 10.6 Å². The Hall–Kier alpha value is -3.45. The zero-order valence-corrected chi connectivity index (χ0v) is 15.6. The van der Waals surface area contributed by atoms with E-state index in [1.807, 2.05) is 30.3 Å². The van der Waals surface area contributed by atoms with Crippen LogP contribution in [-0.2, 0) is 0 Å². The summed E-state index contributed by atoms with van der Waals surface area (Å²) in [5, 5.41) is 7.50. The number of benzene rings is 3. The summed E-state index contributed by atoms with van der Waals surface area (Å²) in [6, 6.07) is 16.5. The van der Waals surface area contributed by atoms with Crippen LogP contribution >= 0.6 is 12.2 Å². The zero-order valence-electron chi connectivity index (χ0n) is 14.8. The Morgan fingerprint density at radius 2 is 1.79 bits per heavy atom. The second kappa shape index (κ2) is 7.28. The molecule has 0 spiro atoms. The molecule has 0 bridgehead atoms. The summed E-state index contributed by atoms with van der Waals surface area (Å²) < 4.78 is 24.3. The summed E-state index contributed by atoms with van der Waals surface area (Å²) in [6.07, 6.45) is 0. The Kier molecular flexibility index (Phi) is 4.67. The Balaban J connectivity index is 1.59. The lowest BCUT2D eigenvalue weighted by atomic mass is 10.1. The van der Waals surface area contributed by atoms with Crippen LogP contribution in [0.2, 0.25) is 0 Å². The normalized spacial score (nSPS) is 10.8. The first kappa shape index (κ1) is 17.9. The molecule has 2 N–H and O–H groups in total. The molecule has 3 aromatic carbocycles. The van der Waals surface area contributed by atoms with Gasteiger partial charge in [-0.2, -0.15) is 0 Å². The molecule has 0 saturated carbocycles. The number of para-hydroxylation sites is 1. The van der Waals surface area contributed by atoms with Crippen molar-refractivity contribution in [2.45, 2.75) is 0 Å². The number of carbonyl (C=O) groups excluding carboxylic acids is 1. The van der Waals surface area contributed by atoms with Crippen LogP contribution in [0.5, 0.6) is 5.75 Å². The van der Waals surface area contributed by atoms with Crippen LogP contribution in [0.4, 0.5) is 10.1 Å². The Morgan fingerprint density at radius 1 is 1.04 bits per heavy atom. The van der Waals surface area contributed by atoms with Crippen molar-refractivity contribution in [2.24, 2.45) is 0 Å². The molecular formula is C21H15FN2O3S. The summed E-state index contributed by atoms with van der Waals surface area (Å²) in [4.78, 5) is 12.2. The van der Waals surface area contributed by atoms with Gasteiger partial charge >= 0.3 is 0 Å². The van der Waals surface area contributed by atoms with Crippen molar-refractivity contribution in [1.29, 1.82) is 0 Å². The molecular weight excluding hydrogens is 379 g/mol. The first-order chi connectivity index (χ1) is 13.5. The number of fused-ring (bicyclic) bond motifs is 3. The number of hydrogen-bond donors (Lipinski definition) is 2. The third-order valence-electron chi connectivity index (χ3n) is 4.28. The maximum atomic E-state index is 13.0. The number of amides is 1. The fourth-order valence-electron chi connectivity index (χ4n) is 2.95. The highest BCUT2D eigenvalue weighted by molar-refractivity contribution is 7.80. The van der Waals surface area contributed by atoms with E-state index < -0.39 is 11.7 Å². The van der Waals surface area contributed by atoms with Crippen molar-refractivity contribution in [2.75, 3.05) is 12.4 Å². The fourth-order valence-corrected chi connectivity index (χ4v) is 3.15. The summed E-state index contributed by atoms with van der Waals surface area (Å²) in [5.74, 6) is -0.306. The summed E-state index contributed by atoms with van der Waals surface area (Å²) in [5.41, 5.74) is 2.28. The van der Waals surface area contributed by atoms with Crippen LogP contribution in [0.3, 0.4) is 0 Å². The molecule has 7 heteroatoms. The Labute approximate surface area is 165 Å². The van der Waals surface area contributed by atoms with Crippen LogP contribution in [0, 0.1) is 5.82 Å². The lowest BCUT2D eigenvalue weighted by Gasteiger charge is -2.13. The van der Waals surface area contributed by atoms with Gasteiger partial charge in [-0.3, -0.25) is 10.1 Å². The van der Waals surface area contributed by atoms with Crippen LogP contribution in [0.1, 0.15) is 10.4 Å². The second-order valence-corrected chi connectivity index (χ2v) is 6.47. The molecule has 0 aliphatic carbocycles. The average molecular weight is 394 g/mol. The molecule has 0 fully saturated rings. The third kappa shape index (κ3) is 3.39. The molecule has 4 aromatic rings. The minimum atomic E-state index is -0.443. The van der Waals surface area contributed by atoms with Crippen molar-refractivity contribution >= 4 is 50.9 Å². The summed E-state index contributed by atoms with van der Waals surface area (Å²) in [6.45, 7) is 0. The van der Waals surface area contributed by atoms with E-state index in [1.54, 1.807) is 13.2 Å². The predicted molar refractivity (Wildman–Crippen MR) is 110 cm³/mol. The van der Waals surface area contributed by atoms with E-state index in [4.69, 9.17) is 21.4 Å². The number of thiocarbonyl (C=S) groups is 1. The lowest BCUT2D eigenvalue weighted by molar-refractivity contribution is 0.0977. The van der Waals surface area contributed by atoms with E-state index in [1.165, 1.54) is 24.3 Å². The quantitative estimate of drug-likeness (QED) is 0.486. The number of hydrogen-bond acceptors (Lipinski definition) is 4. The smallest absolute Gasteiger partial charge is 0.257 e. The number of furan rings is 1. The van der Waals surface area contributed by atoms with Gasteiger partial charge in [0.15, 0.2) is 5.11 Å². The molecule has 0 aliphatic heterocycles. The Bertz CT molecular complexity index is 1200. The van der Waals surface area contributed by atoms with Gasteiger partial charge in [0, 0.05) is 22.4 Å².